The smallest absolute Gasteiger partial charge is 0.318 e. The molecule has 3 aromatic rings. The average molecular weight is 530 g/mol. The maximum Gasteiger partial charge on any atom is 0.318 e. The van der Waals surface area contributed by atoms with Gasteiger partial charge >= 0.3 is 6.03 Å². The number of amides is 4. The van der Waals surface area contributed by atoms with Gasteiger partial charge in [-0.1, -0.05) is 35.5 Å². The first-order valence-corrected chi connectivity index (χ1v) is 11.5. The topological polar surface area (TPSA) is 152 Å². The number of pyridine rings is 1. The summed E-state index contributed by atoms with van der Waals surface area (Å²) in [5.74, 6) is -4.35. The third-order valence-corrected chi connectivity index (χ3v) is 5.82. The molecule has 2 atom stereocenters. The van der Waals surface area contributed by atoms with Gasteiger partial charge in [-0.2, -0.15) is 0 Å². The quantitative estimate of drug-likeness (QED) is 0.382. The van der Waals surface area contributed by atoms with E-state index < -0.39 is 48.9 Å². The van der Waals surface area contributed by atoms with Crippen LogP contribution < -0.4 is 16.0 Å². The Balaban J connectivity index is 1.58. The van der Waals surface area contributed by atoms with Gasteiger partial charge in [0.2, 0.25) is 0 Å². The highest BCUT2D eigenvalue weighted by molar-refractivity contribution is 6.00. The van der Waals surface area contributed by atoms with E-state index in [2.05, 4.69) is 35.9 Å². The maximum absolute atomic E-state index is 14.1. The molecule has 3 N–H and O–H groups in total. The fourth-order valence-electron chi connectivity index (χ4n) is 3.96. The van der Waals surface area contributed by atoms with Gasteiger partial charge in [0.25, 0.3) is 17.7 Å². The van der Waals surface area contributed by atoms with Crippen LogP contribution in [0.1, 0.15) is 39.4 Å². The lowest BCUT2D eigenvalue weighted by molar-refractivity contribution is -0.118. The predicted octanol–water partition coefficient (Wildman–Crippen LogP) is 2.23. The van der Waals surface area contributed by atoms with Crippen LogP contribution in [0.3, 0.4) is 0 Å². The number of nitrogens with one attached hydrogen (secondary N) is 3. The summed E-state index contributed by atoms with van der Waals surface area (Å²) in [5, 5.41) is 14.6. The molecule has 2 aromatic heterocycles. The van der Waals surface area contributed by atoms with Crippen molar-refractivity contribution in [3.8, 4) is 0 Å². The van der Waals surface area contributed by atoms with Crippen molar-refractivity contribution in [2.24, 2.45) is 0 Å². The third kappa shape index (κ3) is 6.08. The highest BCUT2D eigenvalue weighted by atomic mass is 19.3. The third-order valence-electron chi connectivity index (χ3n) is 5.82. The molecule has 200 valence electrons. The zero-order valence-electron chi connectivity index (χ0n) is 20.5. The van der Waals surface area contributed by atoms with E-state index in [1.807, 2.05) is 0 Å². The first-order chi connectivity index (χ1) is 18.2. The van der Waals surface area contributed by atoms with Gasteiger partial charge in [-0.15, -0.1) is 0 Å². The minimum absolute atomic E-state index is 0.0714. The zero-order chi connectivity index (χ0) is 27.3. The number of carbonyl (C=O) groups excluding carboxylic acids is 3. The molecule has 1 aromatic carbocycles. The number of aromatic nitrogens is 3. The van der Waals surface area contributed by atoms with Crippen LogP contribution >= 0.6 is 0 Å². The van der Waals surface area contributed by atoms with Gasteiger partial charge in [0.05, 0.1) is 25.7 Å². The lowest BCUT2D eigenvalue weighted by atomic mass is 10.0. The zero-order valence-corrected chi connectivity index (χ0v) is 20.5. The number of methoxy groups -OCH3 is 1. The van der Waals surface area contributed by atoms with Crippen LogP contribution in [0, 0.1) is 6.92 Å². The molecule has 0 radical (unpaired) electrons. The molecule has 1 saturated heterocycles. The Labute approximate surface area is 215 Å². The summed E-state index contributed by atoms with van der Waals surface area (Å²) < 4.78 is 37.9. The lowest BCUT2D eigenvalue weighted by Crippen LogP contribution is -2.58. The molecule has 12 nitrogen and oxygen atoms in total. The summed E-state index contributed by atoms with van der Waals surface area (Å²) in [7, 11) is 1.39. The van der Waals surface area contributed by atoms with Gasteiger partial charge < -0.3 is 25.6 Å². The first kappa shape index (κ1) is 26.6. The second kappa shape index (κ2) is 11.3. The minimum atomic E-state index is -3.12. The van der Waals surface area contributed by atoms with Gasteiger partial charge in [-0.25, -0.2) is 23.2 Å². The van der Waals surface area contributed by atoms with E-state index in [-0.39, 0.29) is 23.8 Å². The van der Waals surface area contributed by atoms with Crippen molar-refractivity contribution >= 4 is 23.7 Å². The van der Waals surface area contributed by atoms with E-state index >= 15 is 0 Å². The molecule has 0 bridgehead atoms. The highest BCUT2D eigenvalue weighted by Gasteiger charge is 2.42. The Bertz CT molecular complexity index is 1300. The monoisotopic (exact) mass is 529 g/mol. The van der Waals surface area contributed by atoms with Crippen LogP contribution in [0.2, 0.25) is 0 Å². The number of hydrogen-bond acceptors (Lipinski definition) is 8. The van der Waals surface area contributed by atoms with Crippen LogP contribution in [0.25, 0.3) is 0 Å². The number of alkyl halides is 2. The Morgan fingerprint density at radius 3 is 2.66 bits per heavy atom. The molecule has 14 heteroatoms. The first-order valence-electron chi connectivity index (χ1n) is 11.5. The van der Waals surface area contributed by atoms with Crippen LogP contribution in [0.5, 0.6) is 0 Å². The molecule has 0 unspecified atom stereocenters. The Kier molecular flexibility index (Phi) is 7.90. The van der Waals surface area contributed by atoms with Gasteiger partial charge in [-0.05, 0) is 35.3 Å². The largest absolute Gasteiger partial charge is 0.382 e. The van der Waals surface area contributed by atoms with Gasteiger partial charge in [-0.3, -0.25) is 9.59 Å². The molecule has 3 heterocycles. The highest BCUT2D eigenvalue weighted by Crippen LogP contribution is 2.29. The number of aryl methyl sites for hydroxylation is 1. The van der Waals surface area contributed by atoms with Crippen LogP contribution in [0.4, 0.5) is 19.4 Å². The van der Waals surface area contributed by atoms with E-state index in [9.17, 15) is 23.2 Å². The molecule has 0 spiro atoms. The van der Waals surface area contributed by atoms with Crippen molar-refractivity contribution in [2.45, 2.75) is 24.9 Å². The van der Waals surface area contributed by atoms with Crippen LogP contribution in [-0.4, -0.2) is 70.8 Å². The van der Waals surface area contributed by atoms with Gasteiger partial charge in [0.15, 0.2) is 5.69 Å². The Hall–Kier alpha value is -4.46. The second-order valence-electron chi connectivity index (χ2n) is 8.59. The molecule has 4 rings (SSSR count). The minimum Gasteiger partial charge on any atom is -0.382 e. The van der Waals surface area contributed by atoms with Crippen molar-refractivity contribution in [2.75, 3.05) is 32.1 Å². The molecule has 0 aliphatic carbocycles. The number of carbonyl (C=O) groups is 3. The van der Waals surface area contributed by atoms with E-state index in [1.165, 1.54) is 32.4 Å². The number of nitrogens with zero attached hydrogens (tertiary/aromatic N) is 4. The number of ether oxygens (including phenoxy) is 1. The molecule has 4 amide bonds. The predicted molar refractivity (Wildman–Crippen MR) is 128 cm³/mol. The standard InChI is InChI=1S/C24H25F2N7O5/c1-14-19(32-38-31-14)21(34)30-20(15-6-4-3-5-7-15)22(35)29-18-10-16(8-9-27-18)17(11-37-2)33-13-24(25,26)12-28-23(33)36/h3-10,17,20H,11-13H2,1-2H3,(H,28,36)(H,30,34)(H,27,29,35)/t17-,20+/m1/s1. The number of halogens is 2. The normalized spacial score (nSPS) is 16.3. The summed E-state index contributed by atoms with van der Waals surface area (Å²) in [4.78, 5) is 43.6. The van der Waals surface area contributed by atoms with E-state index in [1.54, 1.807) is 30.3 Å². The fourth-order valence-corrected chi connectivity index (χ4v) is 3.96. The number of benzene rings is 1. The molecular weight excluding hydrogens is 504 g/mol. The van der Waals surface area contributed by atoms with Crippen molar-refractivity contribution in [3.63, 3.8) is 0 Å². The van der Waals surface area contributed by atoms with Crippen molar-refractivity contribution in [1.29, 1.82) is 0 Å². The average Bonchev–Trinajstić information content (AvgIpc) is 3.34. The van der Waals surface area contributed by atoms with Crippen LogP contribution in [-0.2, 0) is 9.53 Å². The van der Waals surface area contributed by atoms with E-state index in [0.29, 0.717) is 11.1 Å². The molecule has 1 aliphatic rings. The molecule has 1 fully saturated rings. The summed E-state index contributed by atoms with van der Waals surface area (Å²) in [6.45, 7) is -0.0897. The number of rotatable bonds is 9. The SMILES string of the molecule is COC[C@H](c1ccnc(NC(=O)[C@@H](NC(=O)c2nonc2C)c2ccccc2)c1)N1CC(F)(F)CNC1=O. The van der Waals surface area contributed by atoms with Gasteiger partial charge in [0, 0.05) is 13.3 Å². The van der Waals surface area contributed by atoms with E-state index in [0.717, 1.165) is 4.90 Å². The maximum atomic E-state index is 14.1. The van der Waals surface area contributed by atoms with Crippen molar-refractivity contribution < 1.29 is 32.5 Å². The Morgan fingerprint density at radius 1 is 1.21 bits per heavy atom. The fraction of sp³-hybridized carbons (Fsp3) is 0.333. The van der Waals surface area contributed by atoms with Gasteiger partial charge in [0.1, 0.15) is 17.6 Å². The van der Waals surface area contributed by atoms with E-state index in [4.69, 9.17) is 4.74 Å². The van der Waals surface area contributed by atoms with Crippen LogP contribution in [0.15, 0.2) is 53.3 Å². The summed E-state index contributed by atoms with van der Waals surface area (Å²) in [5.41, 5.74) is 1.07. The second-order valence-corrected chi connectivity index (χ2v) is 8.59. The molecule has 38 heavy (non-hydrogen) atoms. The molecular formula is C24H25F2N7O5. The number of urea groups is 1. The summed E-state index contributed by atoms with van der Waals surface area (Å²) in [6.07, 6.45) is 1.37. The lowest BCUT2D eigenvalue weighted by Gasteiger charge is -2.38. The summed E-state index contributed by atoms with van der Waals surface area (Å²) >= 11 is 0. The summed E-state index contributed by atoms with van der Waals surface area (Å²) in [6, 6.07) is 8.79. The number of anilines is 1. The van der Waals surface area contributed by atoms with Crippen molar-refractivity contribution in [1.82, 2.24) is 30.8 Å². The number of hydrogen-bond donors (Lipinski definition) is 3. The molecule has 0 saturated carbocycles. The molecule has 1 aliphatic heterocycles. The van der Waals surface area contributed by atoms with Crippen molar-refractivity contribution in [3.05, 3.63) is 71.2 Å². The Morgan fingerprint density at radius 2 is 1.97 bits per heavy atom.